The molecule has 11 heavy (non-hydrogen) atoms. The Hall–Kier alpha value is -0.610. The second kappa shape index (κ2) is 3.69. The molecule has 1 N–H and O–H groups in total. The Balaban J connectivity index is 7.11. The zero-order valence-corrected chi connectivity index (χ0v) is 5.25. The summed E-state index contributed by atoms with van der Waals surface area (Å²) in [6, 6.07) is 0. The van der Waals surface area contributed by atoms with E-state index in [4.69, 9.17) is 19.3 Å². The third kappa shape index (κ3) is 7.29. The van der Waals surface area contributed by atoms with Crippen LogP contribution in [0.5, 0.6) is 0 Å². The Morgan fingerprint density at radius 1 is 1.91 bits per heavy atom. The van der Waals surface area contributed by atoms with Crippen LogP contribution in [0.3, 0.4) is 0 Å². The largest absolute Gasteiger partial charge is 0.550 e. The first-order chi connectivity index (χ1) is 10.6. The molecule has 4 nitrogen and oxygen atoms in total. The highest BCUT2D eigenvalue weighted by Crippen LogP contribution is 1.97. The molecule has 0 aromatic heterocycles. The van der Waals surface area contributed by atoms with Gasteiger partial charge in [-0.2, -0.15) is 0 Å². The summed E-state index contributed by atoms with van der Waals surface area (Å²) in [4.78, 5) is 10.9. The van der Waals surface area contributed by atoms with Crippen molar-refractivity contribution in [1.82, 2.24) is 0 Å². The zero-order chi connectivity index (χ0) is 20.9. The predicted octanol–water partition coefficient (Wildman–Crippen LogP) is -1.81. The Morgan fingerprint density at radius 2 is 2.55 bits per heavy atom. The van der Waals surface area contributed by atoms with Gasteiger partial charge in [0.05, 0.1) is 36.0 Å². The van der Waals surface area contributed by atoms with Gasteiger partial charge in [0.2, 0.25) is 1.43 Å². The fourth-order valence-electron chi connectivity index (χ4n) is 0.315. The lowest BCUT2D eigenvalue weighted by Gasteiger charge is -2.26. The van der Waals surface area contributed by atoms with E-state index in [0.717, 1.165) is 0 Å². The SMILES string of the molecule is [2H]O[C@H](C([2H])([2H])C(=O)[O-])C([2H])([2H])[N+](C([2H])([2H])[2H])(C([2H])([2H])[2H])C([2H])([2H])[2H]. The summed E-state index contributed by atoms with van der Waals surface area (Å²) in [6.45, 7) is -16.7. The highest BCUT2D eigenvalue weighted by atomic mass is 16.4. The van der Waals surface area contributed by atoms with E-state index in [2.05, 4.69) is 5.11 Å². The summed E-state index contributed by atoms with van der Waals surface area (Å²) in [5, 5.41) is 14.5. The van der Waals surface area contributed by atoms with Crippen molar-refractivity contribution in [2.45, 2.75) is 12.5 Å². The van der Waals surface area contributed by atoms with E-state index in [0.29, 0.717) is 0 Å². The number of carboxylic acids is 1. The van der Waals surface area contributed by atoms with E-state index < -0.39 is 50.4 Å². The van der Waals surface area contributed by atoms with Crippen molar-refractivity contribution in [3.05, 3.63) is 0 Å². The van der Waals surface area contributed by atoms with Gasteiger partial charge in [0.1, 0.15) is 12.6 Å². The molecule has 66 valence electrons. The van der Waals surface area contributed by atoms with Crippen molar-refractivity contribution in [1.29, 1.82) is 1.43 Å². The monoisotopic (exact) mass is 175 g/mol. The van der Waals surface area contributed by atoms with Crippen LogP contribution in [0.25, 0.3) is 0 Å². The molecule has 0 aliphatic rings. The molecule has 0 heterocycles. The van der Waals surface area contributed by atoms with Gasteiger partial charge < -0.3 is 19.5 Å². The van der Waals surface area contributed by atoms with E-state index >= 15 is 0 Å². The van der Waals surface area contributed by atoms with Crippen LogP contribution in [0.15, 0.2) is 0 Å². The molecular formula is C7H15NO3. The van der Waals surface area contributed by atoms with Gasteiger partial charge in [-0.05, 0) is 0 Å². The molecule has 0 radical (unpaired) electrons. The maximum absolute atomic E-state index is 10.9. The van der Waals surface area contributed by atoms with Crippen LogP contribution in [0.4, 0.5) is 0 Å². The van der Waals surface area contributed by atoms with Crippen LogP contribution in [-0.2, 0) is 4.79 Å². The second-order valence-corrected chi connectivity index (χ2v) is 1.61. The maximum atomic E-state index is 10.9. The summed E-state index contributed by atoms with van der Waals surface area (Å²) in [6.07, 6.45) is -7.21. The minimum atomic E-state index is -4.26. The highest BCUT2D eigenvalue weighted by Gasteiger charge is 2.14. The van der Waals surface area contributed by atoms with Crippen LogP contribution in [0.1, 0.15) is 24.2 Å². The van der Waals surface area contributed by atoms with Crippen LogP contribution in [0, 0.1) is 0 Å². The molecule has 0 aliphatic carbocycles. The molecule has 0 aliphatic heterocycles. The van der Waals surface area contributed by atoms with Gasteiger partial charge in [0, 0.05) is 15.1 Å². The van der Waals surface area contributed by atoms with Crippen molar-refractivity contribution in [2.75, 3.05) is 27.4 Å². The van der Waals surface area contributed by atoms with Crippen molar-refractivity contribution < 1.29 is 37.3 Å². The van der Waals surface area contributed by atoms with Crippen LogP contribution in [-0.4, -0.2) is 50.5 Å². The van der Waals surface area contributed by atoms with E-state index in [9.17, 15) is 9.90 Å². The first-order valence-electron chi connectivity index (χ1n) is 9.27. The third-order valence-corrected chi connectivity index (χ3v) is 0.560. The predicted molar refractivity (Wildman–Crippen MR) is 38.5 cm³/mol. The molecule has 4 heteroatoms. The van der Waals surface area contributed by atoms with Gasteiger partial charge in [0.15, 0.2) is 0 Å². The number of rotatable bonds is 5. The minimum Gasteiger partial charge on any atom is -0.550 e. The summed E-state index contributed by atoms with van der Waals surface area (Å²) in [7, 11) is 0. The molecule has 0 rings (SSSR count). The molecule has 1 atom stereocenters. The van der Waals surface area contributed by atoms with Gasteiger partial charge >= 0.3 is 0 Å². The van der Waals surface area contributed by atoms with E-state index in [1.807, 2.05) is 0 Å². The Bertz CT molecular complexity index is 468. The molecule has 0 unspecified atom stereocenters. The Kier molecular flexibility index (Phi) is 0.561. The zero-order valence-electron chi connectivity index (χ0n) is 19.2. The number of aliphatic hydroxyl groups excluding tert-OH is 1. The number of carbonyl (C=O) groups is 1. The van der Waals surface area contributed by atoms with Crippen LogP contribution in [0.2, 0.25) is 0 Å². The van der Waals surface area contributed by atoms with E-state index in [1.54, 1.807) is 0 Å². The summed E-state index contributed by atoms with van der Waals surface area (Å²) < 4.78 is 99.4. The number of carbonyl (C=O) groups excluding carboxylic acids is 1. The lowest BCUT2D eigenvalue weighted by Crippen LogP contribution is -2.43. The molecule has 0 bridgehead atoms. The Labute approximate surface area is 86.4 Å². The summed E-state index contributed by atoms with van der Waals surface area (Å²) >= 11 is 0. The number of aliphatic hydroxyl groups is 1. The molecule has 0 fully saturated rings. The van der Waals surface area contributed by atoms with Gasteiger partial charge in [-0.15, -0.1) is 0 Å². The average molecular weight is 175 g/mol. The van der Waals surface area contributed by atoms with Crippen LogP contribution < -0.4 is 5.11 Å². The van der Waals surface area contributed by atoms with Crippen molar-refractivity contribution in [3.63, 3.8) is 0 Å². The fourth-order valence-corrected chi connectivity index (χ4v) is 0.315. The number of nitrogens with zero attached hydrogens (tertiary/aromatic N) is 1. The highest BCUT2D eigenvalue weighted by molar-refractivity contribution is 5.64. The third-order valence-electron chi connectivity index (χ3n) is 0.560. The molecule has 0 saturated carbocycles. The lowest BCUT2D eigenvalue weighted by molar-refractivity contribution is -0.873. The van der Waals surface area contributed by atoms with Gasteiger partial charge in [0.25, 0.3) is 0 Å². The second-order valence-electron chi connectivity index (χ2n) is 1.61. The number of carboxylic acid groups (broad SMARTS) is 1. The molecule has 0 amide bonds. The molecule has 0 spiro atoms. The maximum Gasteiger partial charge on any atom is 0.211 e. The smallest absolute Gasteiger partial charge is 0.211 e. The first-order valence-corrected chi connectivity index (χ1v) is 2.37. The average Bonchev–Trinajstić information content (AvgIpc) is 2.20. The number of hydrogen-bond donors (Lipinski definition) is 1. The minimum absolute atomic E-state index is 2.66. The molecular weight excluding hydrogens is 146 g/mol. The van der Waals surface area contributed by atoms with E-state index in [-0.39, 0.29) is 0 Å². The quantitative estimate of drug-likeness (QED) is 0.501. The molecule has 0 aromatic rings. The number of aliphatic carboxylic acids is 1. The van der Waals surface area contributed by atoms with Crippen molar-refractivity contribution in [2.24, 2.45) is 0 Å². The molecule has 0 aromatic carbocycles. The summed E-state index contributed by atoms with van der Waals surface area (Å²) in [5.41, 5.74) is 0. The van der Waals surface area contributed by atoms with E-state index in [1.165, 1.54) is 0 Å². The molecule has 0 saturated heterocycles. The number of quaternary nitrogens is 1. The van der Waals surface area contributed by atoms with Crippen molar-refractivity contribution in [3.8, 4) is 0 Å². The standard InChI is InChI=1S/C7H15NO3/c1-8(2,3)5-6(9)4-7(10)11/h6,9H,4-5H2,1-3H3/t6-/m1/s1/i1D3,2D3,3D3,4D2,5D2,9D. The first kappa shape index (κ1) is 1.67. The van der Waals surface area contributed by atoms with Gasteiger partial charge in [-0.25, -0.2) is 0 Å². The summed E-state index contributed by atoms with van der Waals surface area (Å²) in [5.74, 6) is -2.66. The van der Waals surface area contributed by atoms with Gasteiger partial charge in [-0.3, -0.25) is 0 Å². The number of hydrogen-bond acceptors (Lipinski definition) is 3. The lowest BCUT2D eigenvalue weighted by atomic mass is 10.2. The fraction of sp³-hybridized carbons (Fsp3) is 0.857. The normalized spacial score (nSPS) is 39.3. The van der Waals surface area contributed by atoms with Crippen LogP contribution >= 0.6 is 0 Å². The number of likely N-dealkylation sites (N-methyl/N-ethyl adjacent to an activating group) is 1. The van der Waals surface area contributed by atoms with Crippen molar-refractivity contribution >= 4 is 5.97 Å². The van der Waals surface area contributed by atoms with Gasteiger partial charge in [-0.1, -0.05) is 0 Å². The Morgan fingerprint density at radius 3 is 2.91 bits per heavy atom. The topological polar surface area (TPSA) is 60.4 Å².